The smallest absolute Gasteiger partial charge is 0.325 e. The van der Waals surface area contributed by atoms with E-state index >= 15 is 0 Å². The van der Waals surface area contributed by atoms with Gasteiger partial charge in [-0.1, -0.05) is 18.9 Å². The van der Waals surface area contributed by atoms with Crippen LogP contribution in [0.2, 0.25) is 0 Å². The van der Waals surface area contributed by atoms with Gasteiger partial charge < -0.3 is 15.4 Å². The quantitative estimate of drug-likeness (QED) is 0.719. The van der Waals surface area contributed by atoms with E-state index in [4.69, 9.17) is 4.74 Å². The SMILES string of the molecule is O=C(COC(=O)CNC(=O)c1cccs1)Nc1ccnn1C1CCCC1. The van der Waals surface area contributed by atoms with Gasteiger partial charge in [0.1, 0.15) is 12.4 Å². The zero-order chi connectivity index (χ0) is 18.4. The molecule has 9 heteroatoms. The van der Waals surface area contributed by atoms with Gasteiger partial charge in [-0.3, -0.25) is 14.4 Å². The van der Waals surface area contributed by atoms with Crippen molar-refractivity contribution in [3.05, 3.63) is 34.7 Å². The number of amides is 2. The van der Waals surface area contributed by atoms with Crippen molar-refractivity contribution >= 4 is 34.9 Å². The number of carbonyl (C=O) groups is 3. The molecule has 0 saturated heterocycles. The summed E-state index contributed by atoms with van der Waals surface area (Å²) in [6.45, 7) is -0.701. The Bertz CT molecular complexity index is 766. The van der Waals surface area contributed by atoms with Crippen LogP contribution in [0.1, 0.15) is 41.4 Å². The Labute approximate surface area is 154 Å². The molecule has 1 fully saturated rings. The number of thiophene rings is 1. The molecule has 1 aliphatic carbocycles. The summed E-state index contributed by atoms with van der Waals surface area (Å²) in [7, 11) is 0. The van der Waals surface area contributed by atoms with Gasteiger partial charge >= 0.3 is 5.97 Å². The number of hydrogen-bond donors (Lipinski definition) is 2. The summed E-state index contributed by atoms with van der Waals surface area (Å²) in [6.07, 6.45) is 6.05. The normalized spacial score (nSPS) is 14.2. The molecule has 0 spiro atoms. The lowest BCUT2D eigenvalue weighted by atomic mass is 10.2. The van der Waals surface area contributed by atoms with Gasteiger partial charge in [0.15, 0.2) is 6.61 Å². The average molecular weight is 376 g/mol. The molecule has 0 aliphatic heterocycles. The van der Waals surface area contributed by atoms with Gasteiger partial charge in [0.05, 0.1) is 17.1 Å². The molecule has 1 aliphatic rings. The van der Waals surface area contributed by atoms with Crippen LogP contribution in [0.3, 0.4) is 0 Å². The molecular formula is C17H20N4O4S. The number of hydrogen-bond acceptors (Lipinski definition) is 6. The largest absolute Gasteiger partial charge is 0.454 e. The highest BCUT2D eigenvalue weighted by atomic mass is 32.1. The van der Waals surface area contributed by atoms with Gasteiger partial charge in [0.25, 0.3) is 11.8 Å². The van der Waals surface area contributed by atoms with E-state index < -0.39 is 18.5 Å². The van der Waals surface area contributed by atoms with Crippen LogP contribution in [0.4, 0.5) is 5.82 Å². The zero-order valence-electron chi connectivity index (χ0n) is 14.1. The molecule has 2 amide bonds. The van der Waals surface area contributed by atoms with Crippen LogP contribution in [0, 0.1) is 0 Å². The Balaban J connectivity index is 1.40. The van der Waals surface area contributed by atoms with E-state index in [1.165, 1.54) is 11.3 Å². The molecule has 0 bridgehead atoms. The first-order valence-electron chi connectivity index (χ1n) is 8.44. The second-order valence-electron chi connectivity index (χ2n) is 5.97. The second-order valence-corrected chi connectivity index (χ2v) is 6.92. The van der Waals surface area contributed by atoms with Gasteiger partial charge in [-0.05, 0) is 24.3 Å². The van der Waals surface area contributed by atoms with Crippen molar-refractivity contribution in [2.45, 2.75) is 31.7 Å². The van der Waals surface area contributed by atoms with Crippen molar-refractivity contribution in [3.8, 4) is 0 Å². The number of rotatable bonds is 7. The Hall–Kier alpha value is -2.68. The lowest BCUT2D eigenvalue weighted by Gasteiger charge is -2.14. The fourth-order valence-corrected chi connectivity index (χ4v) is 3.52. The number of nitrogens with zero attached hydrogens (tertiary/aromatic N) is 2. The monoisotopic (exact) mass is 376 g/mol. The number of ether oxygens (including phenoxy) is 1. The third kappa shape index (κ3) is 4.69. The summed E-state index contributed by atoms with van der Waals surface area (Å²) in [5, 5.41) is 11.2. The standard InChI is InChI=1S/C17H20N4O4S/c22-15(20-14-7-8-19-21(14)12-4-1-2-5-12)11-25-16(23)10-18-17(24)13-6-3-9-26-13/h3,6-9,12H,1-2,4-5,10-11H2,(H,18,24)(H,20,22). The summed E-state index contributed by atoms with van der Waals surface area (Å²) in [6, 6.07) is 5.43. The Morgan fingerprint density at radius 1 is 1.27 bits per heavy atom. The molecule has 2 heterocycles. The van der Waals surface area contributed by atoms with Crippen molar-refractivity contribution in [3.63, 3.8) is 0 Å². The number of nitrogens with one attached hydrogen (secondary N) is 2. The van der Waals surface area contributed by atoms with Crippen molar-refractivity contribution in [2.24, 2.45) is 0 Å². The van der Waals surface area contributed by atoms with Crippen molar-refractivity contribution in [1.82, 2.24) is 15.1 Å². The van der Waals surface area contributed by atoms with Crippen molar-refractivity contribution in [1.29, 1.82) is 0 Å². The summed E-state index contributed by atoms with van der Waals surface area (Å²) in [5.74, 6) is -0.858. The second kappa shape index (κ2) is 8.61. The fraction of sp³-hybridized carbons (Fsp3) is 0.412. The molecular weight excluding hydrogens is 356 g/mol. The van der Waals surface area contributed by atoms with E-state index in [2.05, 4.69) is 15.7 Å². The van der Waals surface area contributed by atoms with Crippen LogP contribution in [-0.2, 0) is 14.3 Å². The maximum atomic E-state index is 12.0. The lowest BCUT2D eigenvalue weighted by molar-refractivity contribution is -0.146. The maximum absolute atomic E-state index is 12.0. The molecule has 2 aromatic rings. The Morgan fingerprint density at radius 2 is 2.08 bits per heavy atom. The highest BCUT2D eigenvalue weighted by Gasteiger charge is 2.20. The van der Waals surface area contributed by atoms with Crippen LogP contribution in [-0.4, -0.2) is 40.7 Å². The first-order chi connectivity index (χ1) is 12.6. The number of aromatic nitrogens is 2. The van der Waals surface area contributed by atoms with E-state index in [-0.39, 0.29) is 12.5 Å². The minimum Gasteiger partial charge on any atom is -0.454 e. The van der Waals surface area contributed by atoms with Crippen LogP contribution in [0.25, 0.3) is 0 Å². The summed E-state index contributed by atoms with van der Waals surface area (Å²) in [5.41, 5.74) is 0. The zero-order valence-corrected chi connectivity index (χ0v) is 15.0. The van der Waals surface area contributed by atoms with Crippen molar-refractivity contribution < 1.29 is 19.1 Å². The average Bonchev–Trinajstić information content (AvgIpc) is 3.39. The summed E-state index contributed by atoms with van der Waals surface area (Å²) < 4.78 is 6.71. The number of esters is 1. The third-order valence-corrected chi connectivity index (χ3v) is 4.98. The molecule has 8 nitrogen and oxygen atoms in total. The van der Waals surface area contributed by atoms with Gasteiger partial charge in [-0.25, -0.2) is 4.68 Å². The molecule has 3 rings (SSSR count). The van der Waals surface area contributed by atoms with E-state index in [1.807, 2.05) is 4.68 Å². The minimum atomic E-state index is -0.672. The van der Waals surface area contributed by atoms with Gasteiger partial charge in [-0.2, -0.15) is 5.10 Å². The fourth-order valence-electron chi connectivity index (χ4n) is 2.88. The molecule has 26 heavy (non-hydrogen) atoms. The van der Waals surface area contributed by atoms with Gasteiger partial charge in [0, 0.05) is 6.07 Å². The Kier molecular flexibility index (Phi) is 6.00. The molecule has 0 unspecified atom stereocenters. The molecule has 2 aromatic heterocycles. The minimum absolute atomic E-state index is 0.288. The number of carbonyl (C=O) groups excluding carboxylic acids is 3. The van der Waals surface area contributed by atoms with Gasteiger partial charge in [0.2, 0.25) is 0 Å². The van der Waals surface area contributed by atoms with Crippen LogP contribution >= 0.6 is 11.3 Å². The molecule has 138 valence electrons. The third-order valence-electron chi connectivity index (χ3n) is 4.11. The highest BCUT2D eigenvalue weighted by Crippen LogP contribution is 2.31. The molecule has 0 aromatic carbocycles. The van der Waals surface area contributed by atoms with E-state index in [0.29, 0.717) is 16.7 Å². The van der Waals surface area contributed by atoms with E-state index in [1.54, 1.807) is 29.8 Å². The molecule has 1 saturated carbocycles. The molecule has 2 N–H and O–H groups in total. The van der Waals surface area contributed by atoms with Gasteiger partial charge in [-0.15, -0.1) is 11.3 Å². The van der Waals surface area contributed by atoms with Crippen LogP contribution in [0.5, 0.6) is 0 Å². The highest BCUT2D eigenvalue weighted by molar-refractivity contribution is 7.12. The molecule has 0 radical (unpaired) electrons. The van der Waals surface area contributed by atoms with E-state index in [0.717, 1.165) is 25.7 Å². The van der Waals surface area contributed by atoms with E-state index in [9.17, 15) is 14.4 Å². The first-order valence-corrected chi connectivity index (χ1v) is 9.32. The Morgan fingerprint density at radius 3 is 2.81 bits per heavy atom. The summed E-state index contributed by atoms with van der Waals surface area (Å²) in [4.78, 5) is 35.9. The summed E-state index contributed by atoms with van der Waals surface area (Å²) >= 11 is 1.28. The molecule has 0 atom stereocenters. The number of anilines is 1. The van der Waals surface area contributed by atoms with Crippen LogP contribution < -0.4 is 10.6 Å². The maximum Gasteiger partial charge on any atom is 0.325 e. The van der Waals surface area contributed by atoms with Crippen LogP contribution in [0.15, 0.2) is 29.8 Å². The predicted octanol–water partition coefficient (Wildman–Crippen LogP) is 1.97. The van der Waals surface area contributed by atoms with Crippen molar-refractivity contribution in [2.75, 3.05) is 18.5 Å². The lowest BCUT2D eigenvalue weighted by Crippen LogP contribution is -2.32. The predicted molar refractivity (Wildman–Crippen MR) is 96.0 cm³/mol. The topological polar surface area (TPSA) is 102 Å². The first kappa shape index (κ1) is 18.1.